The van der Waals surface area contributed by atoms with Gasteiger partial charge in [-0.3, -0.25) is 4.79 Å². The Kier molecular flexibility index (Phi) is 6.68. The van der Waals surface area contributed by atoms with Crippen molar-refractivity contribution in [2.45, 2.75) is 26.4 Å². The van der Waals surface area contributed by atoms with Gasteiger partial charge in [0.2, 0.25) is 5.91 Å². The molecule has 1 aromatic carbocycles. The molecular weight excluding hydrogens is 274 g/mol. The van der Waals surface area contributed by atoms with Crippen molar-refractivity contribution in [2.24, 2.45) is 0 Å². The van der Waals surface area contributed by atoms with E-state index in [0.717, 1.165) is 0 Å². The van der Waals surface area contributed by atoms with Gasteiger partial charge >= 0.3 is 5.97 Å². The van der Waals surface area contributed by atoms with Crippen LogP contribution in [0.2, 0.25) is 0 Å². The molecule has 116 valence electrons. The molecule has 0 aliphatic heterocycles. The van der Waals surface area contributed by atoms with Crippen molar-refractivity contribution in [3.8, 4) is 5.75 Å². The van der Waals surface area contributed by atoms with Crippen LogP contribution in [0.4, 0.5) is 5.69 Å². The van der Waals surface area contributed by atoms with Crippen LogP contribution in [0.3, 0.4) is 0 Å². The van der Waals surface area contributed by atoms with Gasteiger partial charge in [0.1, 0.15) is 5.75 Å². The SMILES string of the molecule is CC(C)OCCC(=O)N(C)c1ccc(OCC(=O)O)cc1. The lowest BCUT2D eigenvalue weighted by Crippen LogP contribution is -2.27. The molecule has 0 saturated heterocycles. The summed E-state index contributed by atoms with van der Waals surface area (Å²) in [6.45, 7) is 3.84. The zero-order valence-corrected chi connectivity index (χ0v) is 12.5. The van der Waals surface area contributed by atoms with Gasteiger partial charge in [-0.25, -0.2) is 4.79 Å². The number of hydrogen-bond acceptors (Lipinski definition) is 4. The molecule has 1 amide bonds. The summed E-state index contributed by atoms with van der Waals surface area (Å²) in [5.41, 5.74) is 0.715. The fourth-order valence-corrected chi connectivity index (χ4v) is 1.60. The van der Waals surface area contributed by atoms with Gasteiger partial charge < -0.3 is 19.5 Å². The van der Waals surface area contributed by atoms with E-state index in [1.54, 1.807) is 31.3 Å². The second-order valence-electron chi connectivity index (χ2n) is 4.80. The monoisotopic (exact) mass is 295 g/mol. The largest absolute Gasteiger partial charge is 0.482 e. The van der Waals surface area contributed by atoms with E-state index in [2.05, 4.69) is 0 Å². The maximum Gasteiger partial charge on any atom is 0.341 e. The molecule has 0 heterocycles. The van der Waals surface area contributed by atoms with E-state index in [4.69, 9.17) is 14.6 Å². The van der Waals surface area contributed by atoms with Gasteiger partial charge in [0.15, 0.2) is 6.61 Å². The number of rotatable bonds is 8. The first kappa shape index (κ1) is 17.0. The minimum Gasteiger partial charge on any atom is -0.482 e. The van der Waals surface area contributed by atoms with Crippen LogP contribution in [0.25, 0.3) is 0 Å². The van der Waals surface area contributed by atoms with Crippen LogP contribution < -0.4 is 9.64 Å². The fraction of sp³-hybridized carbons (Fsp3) is 0.467. The van der Waals surface area contributed by atoms with Crippen molar-refractivity contribution in [3.05, 3.63) is 24.3 Å². The summed E-state index contributed by atoms with van der Waals surface area (Å²) in [6.07, 6.45) is 0.417. The number of nitrogens with zero attached hydrogens (tertiary/aromatic N) is 1. The van der Waals surface area contributed by atoms with Gasteiger partial charge in [-0.2, -0.15) is 0 Å². The number of carboxylic acids is 1. The standard InChI is InChI=1S/C15H21NO5/c1-11(2)20-9-8-14(17)16(3)12-4-6-13(7-5-12)21-10-15(18)19/h4-7,11H,8-10H2,1-3H3,(H,18,19). The highest BCUT2D eigenvalue weighted by Gasteiger charge is 2.11. The molecular formula is C15H21NO5. The first-order chi connectivity index (χ1) is 9.90. The summed E-state index contributed by atoms with van der Waals surface area (Å²) in [5, 5.41) is 8.52. The molecule has 0 atom stereocenters. The summed E-state index contributed by atoms with van der Waals surface area (Å²) < 4.78 is 10.4. The van der Waals surface area contributed by atoms with Crippen molar-refractivity contribution in [2.75, 3.05) is 25.2 Å². The Labute approximate surface area is 124 Å². The Balaban J connectivity index is 2.51. The molecule has 1 rings (SSSR count). The highest BCUT2D eigenvalue weighted by atomic mass is 16.5. The smallest absolute Gasteiger partial charge is 0.341 e. The van der Waals surface area contributed by atoms with Gasteiger partial charge in [-0.15, -0.1) is 0 Å². The number of anilines is 1. The number of benzene rings is 1. The maximum atomic E-state index is 12.0. The Hall–Kier alpha value is -2.08. The Bertz CT molecular complexity index is 469. The molecule has 0 saturated carbocycles. The average molecular weight is 295 g/mol. The molecule has 0 radical (unpaired) electrons. The van der Waals surface area contributed by atoms with Crippen LogP contribution >= 0.6 is 0 Å². The second kappa shape index (κ2) is 8.26. The number of carboxylic acid groups (broad SMARTS) is 1. The Morgan fingerprint density at radius 2 is 1.86 bits per heavy atom. The predicted octanol–water partition coefficient (Wildman–Crippen LogP) is 1.93. The van der Waals surface area contributed by atoms with E-state index in [-0.39, 0.29) is 18.6 Å². The summed E-state index contributed by atoms with van der Waals surface area (Å²) in [5.74, 6) is -0.628. The van der Waals surface area contributed by atoms with Gasteiger partial charge in [0.25, 0.3) is 0 Å². The zero-order valence-electron chi connectivity index (χ0n) is 12.5. The zero-order chi connectivity index (χ0) is 15.8. The third-order valence-electron chi connectivity index (χ3n) is 2.73. The average Bonchev–Trinajstić information content (AvgIpc) is 2.44. The van der Waals surface area contributed by atoms with Crippen LogP contribution in [0, 0.1) is 0 Å². The predicted molar refractivity (Wildman–Crippen MR) is 78.7 cm³/mol. The molecule has 21 heavy (non-hydrogen) atoms. The van der Waals surface area contributed by atoms with Gasteiger partial charge in [-0.05, 0) is 38.1 Å². The molecule has 0 bridgehead atoms. The topological polar surface area (TPSA) is 76.1 Å². The maximum absolute atomic E-state index is 12.0. The summed E-state index contributed by atoms with van der Waals surface area (Å²) >= 11 is 0. The van der Waals surface area contributed by atoms with Crippen LogP contribution in [0.1, 0.15) is 20.3 Å². The van der Waals surface area contributed by atoms with Crippen LogP contribution in [0.5, 0.6) is 5.75 Å². The third kappa shape index (κ3) is 6.27. The summed E-state index contributed by atoms with van der Waals surface area (Å²) in [4.78, 5) is 23.9. The number of ether oxygens (including phenoxy) is 2. The Morgan fingerprint density at radius 1 is 1.24 bits per heavy atom. The molecule has 0 fully saturated rings. The van der Waals surface area contributed by atoms with Gasteiger partial charge in [0, 0.05) is 12.7 Å². The number of aliphatic carboxylic acids is 1. The molecule has 0 spiro atoms. The molecule has 0 aliphatic carbocycles. The van der Waals surface area contributed by atoms with Crippen molar-refractivity contribution in [1.29, 1.82) is 0 Å². The minimum atomic E-state index is -1.03. The van der Waals surface area contributed by atoms with Crippen LogP contribution in [0.15, 0.2) is 24.3 Å². The molecule has 6 heteroatoms. The first-order valence-electron chi connectivity index (χ1n) is 6.73. The first-order valence-corrected chi connectivity index (χ1v) is 6.73. The van der Waals surface area contributed by atoms with Crippen LogP contribution in [-0.2, 0) is 14.3 Å². The highest BCUT2D eigenvalue weighted by molar-refractivity contribution is 5.92. The van der Waals surface area contributed by atoms with Crippen molar-refractivity contribution in [1.82, 2.24) is 0 Å². The van der Waals surface area contributed by atoms with Crippen molar-refractivity contribution >= 4 is 17.6 Å². The molecule has 1 N–H and O–H groups in total. The highest BCUT2D eigenvalue weighted by Crippen LogP contribution is 2.19. The van der Waals surface area contributed by atoms with E-state index in [1.807, 2.05) is 13.8 Å². The van der Waals surface area contributed by atoms with E-state index in [0.29, 0.717) is 24.5 Å². The Morgan fingerprint density at radius 3 is 2.38 bits per heavy atom. The summed E-state index contributed by atoms with van der Waals surface area (Å²) in [7, 11) is 1.69. The van der Waals surface area contributed by atoms with E-state index in [9.17, 15) is 9.59 Å². The lowest BCUT2D eigenvalue weighted by atomic mass is 10.2. The molecule has 0 aliphatic rings. The number of carbonyl (C=O) groups excluding carboxylic acids is 1. The summed E-state index contributed by atoms with van der Waals surface area (Å²) in [6, 6.07) is 6.68. The van der Waals surface area contributed by atoms with E-state index < -0.39 is 5.97 Å². The third-order valence-corrected chi connectivity index (χ3v) is 2.73. The van der Waals surface area contributed by atoms with Gasteiger partial charge in [0.05, 0.1) is 19.1 Å². The normalized spacial score (nSPS) is 10.5. The molecule has 1 aromatic rings. The van der Waals surface area contributed by atoms with Crippen molar-refractivity contribution < 1.29 is 24.2 Å². The van der Waals surface area contributed by atoms with Crippen molar-refractivity contribution in [3.63, 3.8) is 0 Å². The molecule has 0 unspecified atom stereocenters. The molecule has 6 nitrogen and oxygen atoms in total. The van der Waals surface area contributed by atoms with E-state index >= 15 is 0 Å². The fourth-order valence-electron chi connectivity index (χ4n) is 1.60. The lowest BCUT2D eigenvalue weighted by molar-refractivity contribution is -0.139. The minimum absolute atomic E-state index is 0.0464. The molecule has 0 aromatic heterocycles. The lowest BCUT2D eigenvalue weighted by Gasteiger charge is -2.18. The quantitative estimate of drug-likeness (QED) is 0.793. The van der Waals surface area contributed by atoms with Gasteiger partial charge in [-0.1, -0.05) is 0 Å². The second-order valence-corrected chi connectivity index (χ2v) is 4.80. The number of hydrogen-bond donors (Lipinski definition) is 1. The van der Waals surface area contributed by atoms with E-state index in [1.165, 1.54) is 4.90 Å². The number of carbonyl (C=O) groups is 2. The van der Waals surface area contributed by atoms with Crippen LogP contribution in [-0.4, -0.2) is 43.3 Å². The number of amides is 1.